The van der Waals surface area contributed by atoms with Crippen molar-refractivity contribution in [3.63, 3.8) is 0 Å². The van der Waals surface area contributed by atoms with E-state index in [1.165, 1.54) is 14.2 Å². The van der Waals surface area contributed by atoms with Gasteiger partial charge in [-0.2, -0.15) is 0 Å². The third kappa shape index (κ3) is 4.53. The number of hydrogen-bond acceptors (Lipinski definition) is 4. The van der Waals surface area contributed by atoms with Crippen LogP contribution in [0.2, 0.25) is 5.02 Å². The third-order valence-electron chi connectivity index (χ3n) is 3.22. The molecule has 2 aromatic carbocycles. The highest BCUT2D eigenvalue weighted by atomic mass is 79.9. The van der Waals surface area contributed by atoms with Gasteiger partial charge in [-0.15, -0.1) is 0 Å². The molecule has 0 aliphatic heterocycles. The molecule has 0 unspecified atom stereocenters. The van der Waals surface area contributed by atoms with Gasteiger partial charge in [0.15, 0.2) is 16.6 Å². The Hall–Kier alpha value is -2.03. The predicted octanol–water partition coefficient (Wildman–Crippen LogP) is 4.40. The molecular weight excluding hydrogens is 430 g/mol. The van der Waals surface area contributed by atoms with E-state index in [2.05, 4.69) is 21.2 Å². The van der Waals surface area contributed by atoms with Gasteiger partial charge in [-0.05, 0) is 58.5 Å². The molecule has 0 radical (unpaired) electrons. The molecule has 0 saturated heterocycles. The molecule has 25 heavy (non-hydrogen) atoms. The van der Waals surface area contributed by atoms with Crippen LogP contribution in [0.4, 0.5) is 16.2 Å². The van der Waals surface area contributed by atoms with E-state index in [4.69, 9.17) is 39.0 Å². The third-order valence-corrected chi connectivity index (χ3v) is 4.74. The summed E-state index contributed by atoms with van der Waals surface area (Å²) in [5, 5.41) is 3.53. The standard InChI is InChI=1S/C16H15BrClN3O3S/c1-23-13-6-4-10(8-14(13)24-2)21(15(19)22)16(25)20-9-3-5-11(17)12(18)7-9/h3-8H,1-2H3,(H2,19,22)(H,20,25). The van der Waals surface area contributed by atoms with E-state index in [0.29, 0.717) is 27.9 Å². The summed E-state index contributed by atoms with van der Waals surface area (Å²) < 4.78 is 11.2. The number of methoxy groups -OCH3 is 2. The lowest BCUT2D eigenvalue weighted by molar-refractivity contribution is 0.256. The van der Waals surface area contributed by atoms with Crippen LogP contribution < -0.4 is 25.4 Å². The summed E-state index contributed by atoms with van der Waals surface area (Å²) in [6, 6.07) is 9.36. The molecule has 0 atom stereocenters. The van der Waals surface area contributed by atoms with Crippen LogP contribution >= 0.6 is 39.7 Å². The topological polar surface area (TPSA) is 76.8 Å². The fourth-order valence-electron chi connectivity index (χ4n) is 2.06. The smallest absolute Gasteiger partial charge is 0.325 e. The van der Waals surface area contributed by atoms with Crippen molar-refractivity contribution in [1.82, 2.24) is 0 Å². The second kappa shape index (κ2) is 8.37. The van der Waals surface area contributed by atoms with Crippen molar-refractivity contribution in [2.24, 2.45) is 5.73 Å². The van der Waals surface area contributed by atoms with E-state index in [1.54, 1.807) is 36.4 Å². The van der Waals surface area contributed by atoms with Gasteiger partial charge in [0.2, 0.25) is 0 Å². The van der Waals surface area contributed by atoms with Crippen LogP contribution in [0.25, 0.3) is 0 Å². The predicted molar refractivity (Wildman–Crippen MR) is 107 cm³/mol. The first-order valence-corrected chi connectivity index (χ1v) is 8.53. The maximum Gasteiger partial charge on any atom is 0.325 e. The average molecular weight is 445 g/mol. The highest BCUT2D eigenvalue weighted by Gasteiger charge is 2.20. The van der Waals surface area contributed by atoms with Crippen molar-refractivity contribution >= 4 is 62.3 Å². The first-order chi connectivity index (χ1) is 11.9. The summed E-state index contributed by atoms with van der Waals surface area (Å²) in [4.78, 5) is 13.1. The van der Waals surface area contributed by atoms with E-state index in [1.807, 2.05) is 0 Å². The van der Waals surface area contributed by atoms with E-state index >= 15 is 0 Å². The molecule has 0 saturated carbocycles. The molecule has 132 valence electrons. The highest BCUT2D eigenvalue weighted by molar-refractivity contribution is 9.10. The molecule has 0 heterocycles. The highest BCUT2D eigenvalue weighted by Crippen LogP contribution is 2.32. The zero-order valence-corrected chi connectivity index (χ0v) is 16.5. The van der Waals surface area contributed by atoms with E-state index in [9.17, 15) is 4.79 Å². The monoisotopic (exact) mass is 443 g/mol. The Morgan fingerprint density at radius 3 is 2.44 bits per heavy atom. The van der Waals surface area contributed by atoms with Gasteiger partial charge in [-0.1, -0.05) is 11.6 Å². The molecule has 0 fully saturated rings. The Morgan fingerprint density at radius 2 is 1.88 bits per heavy atom. The first-order valence-electron chi connectivity index (χ1n) is 6.95. The van der Waals surface area contributed by atoms with Gasteiger partial charge in [0.05, 0.1) is 24.9 Å². The summed E-state index contributed by atoms with van der Waals surface area (Å²) in [5.41, 5.74) is 6.54. The largest absolute Gasteiger partial charge is 0.493 e. The number of halogens is 2. The quantitative estimate of drug-likeness (QED) is 0.684. The number of benzene rings is 2. The molecule has 0 bridgehead atoms. The van der Waals surface area contributed by atoms with Crippen molar-refractivity contribution in [2.45, 2.75) is 0 Å². The average Bonchev–Trinajstić information content (AvgIpc) is 2.57. The van der Waals surface area contributed by atoms with Gasteiger partial charge in [-0.25, -0.2) is 9.69 Å². The van der Waals surface area contributed by atoms with Crippen LogP contribution in [-0.4, -0.2) is 25.4 Å². The number of primary amides is 1. The van der Waals surface area contributed by atoms with Gasteiger partial charge in [0.1, 0.15) is 0 Å². The summed E-state index contributed by atoms with van der Waals surface area (Å²) in [5.74, 6) is 0.968. The van der Waals surface area contributed by atoms with Crippen molar-refractivity contribution in [3.05, 3.63) is 45.9 Å². The number of urea groups is 1. The fraction of sp³-hybridized carbons (Fsp3) is 0.125. The maximum atomic E-state index is 11.9. The lowest BCUT2D eigenvalue weighted by atomic mass is 10.2. The first kappa shape index (κ1) is 19.3. The zero-order chi connectivity index (χ0) is 18.6. The van der Waals surface area contributed by atoms with Gasteiger partial charge in [0, 0.05) is 16.2 Å². The Morgan fingerprint density at radius 1 is 1.20 bits per heavy atom. The number of nitrogens with two attached hydrogens (primary N) is 1. The zero-order valence-electron chi connectivity index (χ0n) is 13.4. The Balaban J connectivity index is 2.32. The Bertz CT molecular complexity index is 819. The summed E-state index contributed by atoms with van der Waals surface area (Å²) in [7, 11) is 3.02. The molecule has 2 amide bonds. The summed E-state index contributed by atoms with van der Waals surface area (Å²) in [6.07, 6.45) is 0. The normalized spacial score (nSPS) is 10.1. The lowest BCUT2D eigenvalue weighted by Crippen LogP contribution is -2.43. The number of nitrogens with zero attached hydrogens (tertiary/aromatic N) is 1. The molecule has 0 spiro atoms. The van der Waals surface area contributed by atoms with Crippen LogP contribution in [0.3, 0.4) is 0 Å². The van der Waals surface area contributed by atoms with E-state index < -0.39 is 6.03 Å². The second-order valence-electron chi connectivity index (χ2n) is 4.77. The molecule has 2 rings (SSSR count). The number of ether oxygens (including phenoxy) is 2. The minimum absolute atomic E-state index is 0.0955. The van der Waals surface area contributed by atoms with Crippen LogP contribution in [0.1, 0.15) is 0 Å². The SMILES string of the molecule is COc1ccc(N(C(N)=O)C(=S)Nc2ccc(Br)c(Cl)c2)cc1OC. The molecule has 2 aromatic rings. The lowest BCUT2D eigenvalue weighted by Gasteiger charge is -2.23. The fourth-order valence-corrected chi connectivity index (χ4v) is 2.80. The van der Waals surface area contributed by atoms with Crippen molar-refractivity contribution in [1.29, 1.82) is 0 Å². The van der Waals surface area contributed by atoms with Gasteiger partial charge < -0.3 is 20.5 Å². The van der Waals surface area contributed by atoms with Crippen molar-refractivity contribution in [3.8, 4) is 11.5 Å². The van der Waals surface area contributed by atoms with Crippen LogP contribution in [0, 0.1) is 0 Å². The van der Waals surface area contributed by atoms with Crippen LogP contribution in [0.5, 0.6) is 11.5 Å². The van der Waals surface area contributed by atoms with Gasteiger partial charge in [0.25, 0.3) is 0 Å². The number of thiocarbonyl (C=S) groups is 1. The van der Waals surface area contributed by atoms with Gasteiger partial charge >= 0.3 is 6.03 Å². The Labute approximate surface area is 164 Å². The van der Waals surface area contributed by atoms with Gasteiger partial charge in [-0.3, -0.25) is 0 Å². The summed E-state index contributed by atoms with van der Waals surface area (Å²) in [6.45, 7) is 0. The maximum absolute atomic E-state index is 11.9. The molecule has 3 N–H and O–H groups in total. The second-order valence-corrected chi connectivity index (χ2v) is 6.42. The molecule has 0 aliphatic rings. The Kier molecular flexibility index (Phi) is 6.46. The summed E-state index contributed by atoms with van der Waals surface area (Å²) >= 11 is 14.7. The number of anilines is 2. The molecule has 9 heteroatoms. The molecule has 6 nitrogen and oxygen atoms in total. The van der Waals surface area contributed by atoms with Crippen LogP contribution in [-0.2, 0) is 0 Å². The van der Waals surface area contributed by atoms with Crippen molar-refractivity contribution < 1.29 is 14.3 Å². The van der Waals surface area contributed by atoms with Crippen molar-refractivity contribution in [2.75, 3.05) is 24.4 Å². The number of nitrogens with one attached hydrogen (secondary N) is 1. The van der Waals surface area contributed by atoms with E-state index in [-0.39, 0.29) is 5.11 Å². The van der Waals surface area contributed by atoms with E-state index in [0.717, 1.165) is 9.37 Å². The number of carbonyl (C=O) groups is 1. The van der Waals surface area contributed by atoms with Crippen LogP contribution in [0.15, 0.2) is 40.9 Å². The minimum Gasteiger partial charge on any atom is -0.493 e. The number of carbonyl (C=O) groups excluding carboxylic acids is 1. The number of amides is 2. The number of rotatable bonds is 4. The number of hydrogen-bond donors (Lipinski definition) is 2. The minimum atomic E-state index is -0.743. The molecule has 0 aliphatic carbocycles. The molecule has 0 aromatic heterocycles. The molecular formula is C16H15BrClN3O3S.